The van der Waals surface area contributed by atoms with Crippen molar-refractivity contribution in [3.05, 3.63) is 112 Å². The van der Waals surface area contributed by atoms with E-state index in [1.165, 1.54) is 33.8 Å². The number of nitrogens with zero attached hydrogens (tertiary/aromatic N) is 2. The highest BCUT2D eigenvalue weighted by Gasteiger charge is 2.13. The van der Waals surface area contributed by atoms with E-state index in [1.54, 1.807) is 24.3 Å². The van der Waals surface area contributed by atoms with Gasteiger partial charge >= 0.3 is 0 Å². The Morgan fingerprint density at radius 1 is 0.844 bits per heavy atom. The fraction of sp³-hybridized carbons (Fsp3) is 0.200. The predicted molar refractivity (Wildman–Crippen MR) is 117 cm³/mol. The van der Waals surface area contributed by atoms with Crippen LogP contribution in [0.3, 0.4) is 0 Å². The molecule has 0 spiro atoms. The van der Waals surface area contributed by atoms with Crippen LogP contribution in [-0.4, -0.2) is 23.4 Å². The third-order valence-corrected chi connectivity index (χ3v) is 5.40. The van der Waals surface area contributed by atoms with Crippen molar-refractivity contribution in [3.63, 3.8) is 0 Å². The standard InChI is InChI=1S/C25H23F2N3O.ClH/c1-29(17-19-8-12-21(27)13-9-19)14-15-30-25(31)23-5-3-2-4-22(23)24(28-30)16-18-6-10-20(26)11-7-18;/h2-13H,14-17H2,1H3;1H. The zero-order chi connectivity index (χ0) is 21.8. The molecule has 0 radical (unpaired) electrons. The highest BCUT2D eigenvalue weighted by atomic mass is 35.5. The van der Waals surface area contributed by atoms with Gasteiger partial charge in [0.15, 0.2) is 0 Å². The van der Waals surface area contributed by atoms with Crippen molar-refractivity contribution in [1.82, 2.24) is 9.78 Å². The normalized spacial score (nSPS) is 11.8. The molecule has 0 amide bonds. The summed E-state index contributed by atoms with van der Waals surface area (Å²) in [5.41, 5.74) is 2.64. The Hall–Kier alpha value is -3.09. The fourth-order valence-electron chi connectivity index (χ4n) is 3.72. The minimum atomic E-state index is -0.279. The van der Waals surface area contributed by atoms with Crippen molar-refractivity contribution in [2.75, 3.05) is 13.6 Å². The fourth-order valence-corrected chi connectivity index (χ4v) is 3.72. The second-order valence-electron chi connectivity index (χ2n) is 7.83. The Morgan fingerprint density at radius 2 is 1.41 bits per heavy atom. The quantitative estimate of drug-likeness (QED) is 0.425. The Balaban J connectivity index is 0.00000289. The third kappa shape index (κ3) is 5.58. The molecule has 0 saturated heterocycles. The first-order chi connectivity index (χ1) is 15.0. The van der Waals surface area contributed by atoms with Crippen LogP contribution in [0.4, 0.5) is 8.78 Å². The maximum Gasteiger partial charge on any atom is 0.274 e. The van der Waals surface area contributed by atoms with Crippen molar-refractivity contribution in [3.8, 4) is 0 Å². The van der Waals surface area contributed by atoms with Gasteiger partial charge in [0, 0.05) is 17.4 Å². The van der Waals surface area contributed by atoms with Crippen LogP contribution in [0.25, 0.3) is 10.8 Å². The molecule has 0 fully saturated rings. The lowest BCUT2D eigenvalue weighted by Gasteiger charge is -2.16. The predicted octanol–water partition coefficient (Wildman–Crippen LogP) is -0.0156. The summed E-state index contributed by atoms with van der Waals surface area (Å²) in [7, 11) is 2.04. The van der Waals surface area contributed by atoms with Gasteiger partial charge in [0.25, 0.3) is 5.56 Å². The first-order valence-electron chi connectivity index (χ1n) is 10.3. The molecule has 1 N–H and O–H groups in total. The van der Waals surface area contributed by atoms with E-state index >= 15 is 0 Å². The molecule has 1 unspecified atom stereocenters. The topological polar surface area (TPSA) is 39.3 Å². The second-order valence-corrected chi connectivity index (χ2v) is 7.83. The second kappa shape index (κ2) is 10.5. The van der Waals surface area contributed by atoms with Gasteiger partial charge in [0.1, 0.15) is 18.2 Å². The number of rotatable bonds is 7. The number of benzene rings is 3. The average Bonchev–Trinajstić information content (AvgIpc) is 2.78. The van der Waals surface area contributed by atoms with Crippen LogP contribution >= 0.6 is 0 Å². The lowest BCUT2D eigenvalue weighted by atomic mass is 10.0. The van der Waals surface area contributed by atoms with Crippen LogP contribution in [0.15, 0.2) is 77.6 Å². The molecule has 32 heavy (non-hydrogen) atoms. The highest BCUT2D eigenvalue weighted by molar-refractivity contribution is 5.83. The third-order valence-electron chi connectivity index (χ3n) is 5.40. The van der Waals surface area contributed by atoms with Crippen molar-refractivity contribution in [2.45, 2.75) is 19.5 Å². The van der Waals surface area contributed by atoms with Crippen molar-refractivity contribution in [1.29, 1.82) is 0 Å². The lowest BCUT2D eigenvalue weighted by molar-refractivity contribution is -0.894. The Labute approximate surface area is 191 Å². The molecular weight excluding hydrogens is 432 g/mol. The Bertz CT molecular complexity index is 1240. The van der Waals surface area contributed by atoms with Gasteiger partial charge in [-0.1, -0.05) is 42.5 Å². The summed E-state index contributed by atoms with van der Waals surface area (Å²) in [4.78, 5) is 14.2. The van der Waals surface area contributed by atoms with Gasteiger partial charge in [0.2, 0.25) is 0 Å². The van der Waals surface area contributed by atoms with E-state index in [4.69, 9.17) is 0 Å². The van der Waals surface area contributed by atoms with E-state index in [0.717, 1.165) is 28.8 Å². The van der Waals surface area contributed by atoms with E-state index in [2.05, 4.69) is 5.10 Å². The smallest absolute Gasteiger partial charge is 0.274 e. The molecule has 4 aromatic rings. The summed E-state index contributed by atoms with van der Waals surface area (Å²) < 4.78 is 27.9. The van der Waals surface area contributed by atoms with Gasteiger partial charge in [-0.25, -0.2) is 13.5 Å². The summed E-state index contributed by atoms with van der Waals surface area (Å²) in [5, 5.41) is 6.11. The number of fused-ring (bicyclic) bond motifs is 1. The molecule has 0 saturated carbocycles. The molecule has 1 aromatic heterocycles. The maximum atomic E-state index is 13.3. The minimum Gasteiger partial charge on any atom is -1.00 e. The zero-order valence-electron chi connectivity index (χ0n) is 17.7. The number of hydrogen-bond donors (Lipinski definition) is 1. The van der Waals surface area contributed by atoms with Gasteiger partial charge in [0.05, 0.1) is 31.2 Å². The number of aromatic nitrogens is 2. The summed E-state index contributed by atoms with van der Waals surface area (Å²) >= 11 is 0. The molecule has 0 bridgehead atoms. The van der Waals surface area contributed by atoms with Gasteiger partial charge in [-0.05, 0) is 35.9 Å². The molecule has 0 aliphatic heterocycles. The molecule has 4 nitrogen and oxygen atoms in total. The first-order valence-corrected chi connectivity index (χ1v) is 10.3. The monoisotopic (exact) mass is 455 g/mol. The number of quaternary nitrogens is 1. The van der Waals surface area contributed by atoms with Gasteiger partial charge in [-0.3, -0.25) is 4.79 Å². The molecule has 4 rings (SSSR count). The zero-order valence-corrected chi connectivity index (χ0v) is 18.4. The van der Waals surface area contributed by atoms with Crippen LogP contribution in [0, 0.1) is 11.6 Å². The van der Waals surface area contributed by atoms with Gasteiger partial charge in [-0.15, -0.1) is 0 Å². The summed E-state index contributed by atoms with van der Waals surface area (Å²) in [6.45, 7) is 1.89. The first kappa shape index (κ1) is 23.6. The van der Waals surface area contributed by atoms with Crippen LogP contribution < -0.4 is 22.9 Å². The molecule has 0 aliphatic carbocycles. The molecule has 166 valence electrons. The van der Waals surface area contributed by atoms with Crippen LogP contribution in [-0.2, 0) is 19.5 Å². The minimum absolute atomic E-state index is 0. The van der Waals surface area contributed by atoms with E-state index in [0.29, 0.717) is 24.9 Å². The van der Waals surface area contributed by atoms with E-state index in [1.807, 2.05) is 31.3 Å². The molecule has 1 atom stereocenters. The molecule has 3 aromatic carbocycles. The summed E-state index contributed by atoms with van der Waals surface area (Å²) in [6.07, 6.45) is 0.513. The maximum absolute atomic E-state index is 13.3. The van der Waals surface area contributed by atoms with Gasteiger partial charge in [-0.2, -0.15) is 5.10 Å². The Morgan fingerprint density at radius 3 is 2.03 bits per heavy atom. The largest absolute Gasteiger partial charge is 1.00 e. The molecule has 1 heterocycles. The average molecular weight is 456 g/mol. The van der Waals surface area contributed by atoms with Crippen molar-refractivity contribution >= 4 is 10.8 Å². The van der Waals surface area contributed by atoms with Crippen molar-refractivity contribution in [2.24, 2.45) is 0 Å². The lowest BCUT2D eigenvalue weighted by Crippen LogP contribution is -3.08. The summed E-state index contributed by atoms with van der Waals surface area (Å²) in [5.74, 6) is -0.527. The van der Waals surface area contributed by atoms with Gasteiger partial charge < -0.3 is 17.3 Å². The SMILES string of the molecule is C[NH+](CCn1nc(Cc2ccc(F)cc2)c2ccccc2c1=O)Cc1ccc(F)cc1.[Cl-]. The van der Waals surface area contributed by atoms with E-state index in [9.17, 15) is 13.6 Å². The van der Waals surface area contributed by atoms with Crippen LogP contribution in [0.2, 0.25) is 0 Å². The number of hydrogen-bond acceptors (Lipinski definition) is 2. The van der Waals surface area contributed by atoms with E-state index in [-0.39, 0.29) is 29.6 Å². The van der Waals surface area contributed by atoms with E-state index < -0.39 is 0 Å². The van der Waals surface area contributed by atoms with Crippen LogP contribution in [0.1, 0.15) is 16.8 Å². The number of likely N-dealkylation sites (N-methyl/N-ethyl adjacent to an activating group) is 1. The molecule has 7 heteroatoms. The Kier molecular flexibility index (Phi) is 7.72. The molecule has 0 aliphatic rings. The number of nitrogens with one attached hydrogen (secondary N) is 1. The van der Waals surface area contributed by atoms with Crippen LogP contribution in [0.5, 0.6) is 0 Å². The summed E-state index contributed by atoms with van der Waals surface area (Å²) in [6, 6.07) is 20.3. The van der Waals surface area contributed by atoms with Crippen molar-refractivity contribution < 1.29 is 26.1 Å². The molecular formula is C25H24ClF2N3O. The number of halogens is 3. The highest BCUT2D eigenvalue weighted by Crippen LogP contribution is 2.17.